The second-order valence-electron chi connectivity index (χ2n) is 8.28. The van der Waals surface area contributed by atoms with Crippen LogP contribution in [-0.2, 0) is 14.5 Å². The molecule has 10 heteroatoms. The Labute approximate surface area is 192 Å². The molecule has 0 aliphatic carbocycles. The van der Waals surface area contributed by atoms with E-state index in [1.165, 1.54) is 6.33 Å². The van der Waals surface area contributed by atoms with Crippen molar-refractivity contribution in [3.8, 4) is 5.75 Å². The van der Waals surface area contributed by atoms with Gasteiger partial charge >= 0.3 is 0 Å². The predicted molar refractivity (Wildman–Crippen MR) is 129 cm³/mol. The first-order chi connectivity index (χ1) is 15.7. The molecule has 0 spiro atoms. The Morgan fingerprint density at radius 2 is 1.97 bits per heavy atom. The molecule has 9 nitrogen and oxygen atoms in total. The van der Waals surface area contributed by atoms with Gasteiger partial charge in [-0.3, -0.25) is 4.79 Å². The molecule has 1 aliphatic heterocycles. The van der Waals surface area contributed by atoms with Crippen molar-refractivity contribution < 1.29 is 18.5 Å². The van der Waals surface area contributed by atoms with E-state index in [0.29, 0.717) is 47.2 Å². The minimum Gasteiger partial charge on any atom is -0.488 e. The molecule has 3 N–H and O–H groups in total. The number of nitrogens with two attached hydrogens (primary N) is 1. The molecule has 0 saturated carbocycles. The summed E-state index contributed by atoms with van der Waals surface area (Å²) < 4.78 is 28.1. The first-order valence-electron chi connectivity index (χ1n) is 10.6. The zero-order chi connectivity index (χ0) is 23.6. The van der Waals surface area contributed by atoms with Gasteiger partial charge < -0.3 is 20.5 Å². The number of rotatable bonds is 6. The van der Waals surface area contributed by atoms with E-state index in [1.54, 1.807) is 36.8 Å². The van der Waals surface area contributed by atoms with Crippen molar-refractivity contribution in [2.45, 2.75) is 25.9 Å². The van der Waals surface area contributed by atoms with Crippen LogP contribution in [0.25, 0.3) is 10.9 Å². The van der Waals surface area contributed by atoms with Gasteiger partial charge in [0.1, 0.15) is 24.0 Å². The fourth-order valence-corrected chi connectivity index (χ4v) is 4.36. The predicted octanol–water partition coefficient (Wildman–Crippen LogP) is 3.70. The van der Waals surface area contributed by atoms with Crippen molar-refractivity contribution in [3.05, 3.63) is 47.8 Å². The summed E-state index contributed by atoms with van der Waals surface area (Å²) in [5, 5.41) is 4.14. The van der Waals surface area contributed by atoms with Crippen LogP contribution in [0.4, 0.5) is 17.2 Å². The van der Waals surface area contributed by atoms with Crippen LogP contribution in [0.1, 0.15) is 28.8 Å². The monoisotopic (exact) mass is 469 g/mol. The number of hydrogen-bond donors (Lipinski definition) is 2. The lowest BCUT2D eigenvalue weighted by Crippen LogP contribution is -2.26. The minimum atomic E-state index is -2.30. The second-order valence-corrected chi connectivity index (χ2v) is 10.8. The molecule has 1 fully saturated rings. The van der Waals surface area contributed by atoms with Crippen molar-refractivity contribution in [1.29, 1.82) is 0 Å². The van der Waals surface area contributed by atoms with E-state index in [9.17, 15) is 9.00 Å². The van der Waals surface area contributed by atoms with E-state index in [4.69, 9.17) is 15.2 Å². The maximum absolute atomic E-state index is 12.1. The van der Waals surface area contributed by atoms with E-state index in [1.807, 2.05) is 13.0 Å². The number of hydrogen-bond acceptors (Lipinski definition) is 8. The number of benzene rings is 2. The number of carbonyl (C=O) groups is 1. The summed E-state index contributed by atoms with van der Waals surface area (Å²) in [5.74, 6) is 0.578. The zero-order valence-electron chi connectivity index (χ0n) is 18.8. The summed E-state index contributed by atoms with van der Waals surface area (Å²) in [4.78, 5) is 20.6. The van der Waals surface area contributed by atoms with Crippen LogP contribution in [0.2, 0.25) is 0 Å². The third-order valence-electron chi connectivity index (χ3n) is 5.23. The van der Waals surface area contributed by atoms with Gasteiger partial charge in [-0.05, 0) is 42.8 Å². The summed E-state index contributed by atoms with van der Waals surface area (Å²) >= 11 is 0. The van der Waals surface area contributed by atoms with E-state index in [-0.39, 0.29) is 6.10 Å². The number of carbonyl (C=O) groups excluding carboxylic acids is 1. The molecule has 1 saturated heterocycles. The highest BCUT2D eigenvalue weighted by molar-refractivity contribution is 7.92. The van der Waals surface area contributed by atoms with Crippen LogP contribution < -0.4 is 15.8 Å². The minimum absolute atomic E-state index is 0.0200. The molecule has 1 aromatic heterocycles. The van der Waals surface area contributed by atoms with E-state index < -0.39 is 15.6 Å². The molecule has 2 heterocycles. The van der Waals surface area contributed by atoms with Gasteiger partial charge in [0, 0.05) is 46.0 Å². The molecule has 33 heavy (non-hydrogen) atoms. The fraction of sp³-hybridized carbons (Fsp3) is 0.348. The van der Waals surface area contributed by atoms with Crippen molar-refractivity contribution in [2.75, 3.05) is 31.0 Å². The van der Waals surface area contributed by atoms with Crippen molar-refractivity contribution in [3.63, 3.8) is 0 Å². The van der Waals surface area contributed by atoms with Gasteiger partial charge in [-0.15, -0.1) is 0 Å². The molecule has 0 bridgehead atoms. The van der Waals surface area contributed by atoms with E-state index in [2.05, 4.69) is 19.6 Å². The van der Waals surface area contributed by atoms with Crippen LogP contribution >= 0.6 is 0 Å². The molecule has 1 aliphatic rings. The maximum Gasteiger partial charge on any atom is 0.248 e. The standard InChI is InChI=1S/C23H27N5O4S/c1-14-10-16(28-33(2,3)30)12-19-21(14)23(26-13-25-19)27-18-5-4-15(22(24)29)11-20(18)32-17-6-8-31-9-7-17/h4-5,10-13,17H,6-9H2,1-3H3,(H2,24,29)(H,25,26,27). The topological polar surface area (TPSA) is 129 Å². The lowest BCUT2D eigenvalue weighted by atomic mass is 10.1. The van der Waals surface area contributed by atoms with Gasteiger partial charge in [0.15, 0.2) is 0 Å². The Kier molecular flexibility index (Phi) is 6.48. The average Bonchev–Trinajstić information content (AvgIpc) is 2.74. The van der Waals surface area contributed by atoms with Gasteiger partial charge in [-0.25, -0.2) is 14.2 Å². The summed E-state index contributed by atoms with van der Waals surface area (Å²) in [6.07, 6.45) is 6.15. The highest BCUT2D eigenvalue weighted by Crippen LogP contribution is 2.35. The Bertz CT molecular complexity index is 1320. The largest absolute Gasteiger partial charge is 0.488 e. The van der Waals surface area contributed by atoms with Gasteiger partial charge in [-0.1, -0.05) is 0 Å². The molecule has 4 rings (SSSR count). The summed E-state index contributed by atoms with van der Waals surface area (Å²) in [7, 11) is -2.30. The van der Waals surface area contributed by atoms with Crippen molar-refractivity contribution in [1.82, 2.24) is 9.97 Å². The number of anilines is 2. The van der Waals surface area contributed by atoms with Crippen LogP contribution in [-0.4, -0.2) is 51.9 Å². The number of aryl methyl sites for hydroxylation is 1. The Morgan fingerprint density at radius 3 is 2.67 bits per heavy atom. The number of nitrogens with zero attached hydrogens (tertiary/aromatic N) is 3. The molecule has 0 radical (unpaired) electrons. The SMILES string of the molecule is Cc1cc(N=S(C)(C)=O)cc2ncnc(Nc3ccc(C(N)=O)cc3OC3CCOCC3)c12. The molecule has 0 unspecified atom stereocenters. The molecule has 3 aromatic rings. The molecular formula is C23H27N5O4S. The summed E-state index contributed by atoms with van der Waals surface area (Å²) in [6, 6.07) is 8.70. The fourth-order valence-electron chi connectivity index (χ4n) is 3.75. The number of amides is 1. The summed E-state index contributed by atoms with van der Waals surface area (Å²) in [5.41, 5.74) is 8.67. The first kappa shape index (κ1) is 22.9. The van der Waals surface area contributed by atoms with Crippen LogP contribution in [0.3, 0.4) is 0 Å². The van der Waals surface area contributed by atoms with Crippen LogP contribution in [0, 0.1) is 6.92 Å². The first-order valence-corrected chi connectivity index (χ1v) is 12.9. The molecule has 1 amide bonds. The zero-order valence-corrected chi connectivity index (χ0v) is 19.6. The van der Waals surface area contributed by atoms with Gasteiger partial charge in [0.05, 0.1) is 30.1 Å². The smallest absolute Gasteiger partial charge is 0.248 e. The number of primary amides is 1. The number of fused-ring (bicyclic) bond motifs is 1. The third-order valence-corrected chi connectivity index (χ3v) is 5.88. The van der Waals surface area contributed by atoms with Gasteiger partial charge in [0.2, 0.25) is 5.91 Å². The quantitative estimate of drug-likeness (QED) is 0.563. The van der Waals surface area contributed by atoms with Crippen molar-refractivity contribution >= 4 is 43.7 Å². The van der Waals surface area contributed by atoms with E-state index in [0.717, 1.165) is 23.8 Å². The van der Waals surface area contributed by atoms with Gasteiger partial charge in [-0.2, -0.15) is 4.36 Å². The normalized spacial score (nSPS) is 14.8. The Hall–Kier alpha value is -3.24. The van der Waals surface area contributed by atoms with E-state index >= 15 is 0 Å². The molecular weight excluding hydrogens is 442 g/mol. The van der Waals surface area contributed by atoms with Crippen molar-refractivity contribution in [2.24, 2.45) is 10.1 Å². The second kappa shape index (κ2) is 9.32. The molecule has 174 valence electrons. The molecule has 0 atom stereocenters. The maximum atomic E-state index is 12.1. The number of aromatic nitrogens is 2. The average molecular weight is 470 g/mol. The Morgan fingerprint density at radius 1 is 1.21 bits per heavy atom. The Balaban J connectivity index is 1.74. The molecule has 2 aromatic carbocycles. The van der Waals surface area contributed by atoms with Crippen LogP contribution in [0.15, 0.2) is 41.0 Å². The van der Waals surface area contributed by atoms with Gasteiger partial charge in [0.25, 0.3) is 0 Å². The lowest BCUT2D eigenvalue weighted by Gasteiger charge is -2.25. The van der Waals surface area contributed by atoms with Crippen LogP contribution in [0.5, 0.6) is 5.75 Å². The highest BCUT2D eigenvalue weighted by atomic mass is 32.2. The highest BCUT2D eigenvalue weighted by Gasteiger charge is 2.19. The summed E-state index contributed by atoms with van der Waals surface area (Å²) in [6.45, 7) is 3.19. The number of nitrogens with one attached hydrogen (secondary N) is 1. The third kappa shape index (κ3) is 5.58. The number of ether oxygens (including phenoxy) is 2. The lowest BCUT2D eigenvalue weighted by molar-refractivity contribution is 0.0258.